The summed E-state index contributed by atoms with van der Waals surface area (Å²) in [4.78, 5) is 24.1. The molecule has 0 spiro atoms. The number of hydrogen-bond donors (Lipinski definition) is 3. The highest BCUT2D eigenvalue weighted by Gasteiger charge is 2.23. The van der Waals surface area contributed by atoms with Gasteiger partial charge in [0.1, 0.15) is 23.4 Å². The molecule has 1 aromatic heterocycles. The van der Waals surface area contributed by atoms with Crippen molar-refractivity contribution in [2.24, 2.45) is 12.8 Å². The Morgan fingerprint density at radius 2 is 2.04 bits per heavy atom. The third kappa shape index (κ3) is 4.09. The van der Waals surface area contributed by atoms with Crippen molar-refractivity contribution < 1.29 is 23.8 Å². The summed E-state index contributed by atoms with van der Waals surface area (Å²) < 4.78 is 20.5. The largest absolute Gasteiger partial charge is 0.480 e. The lowest BCUT2D eigenvalue weighted by Crippen LogP contribution is -2.42. The van der Waals surface area contributed by atoms with Gasteiger partial charge in [0.05, 0.1) is 17.3 Å². The summed E-state index contributed by atoms with van der Waals surface area (Å²) in [6.45, 7) is 0.108. The van der Waals surface area contributed by atoms with Crippen molar-refractivity contribution in [2.45, 2.75) is 12.5 Å². The standard InChI is InChI=1S/C19H19FN4O4/c1-24-16-9-14(18(25)23-15(6-7-21)19(26)27)17(8-11(16)10-22-24)28-13-4-2-12(20)3-5-13/h2-5,8-10,15H,6-7,21H2,1H3,(H,23,25)(H,26,27). The van der Waals surface area contributed by atoms with Crippen LogP contribution in [0.15, 0.2) is 42.6 Å². The van der Waals surface area contributed by atoms with Crippen LogP contribution in [-0.2, 0) is 11.8 Å². The number of rotatable bonds is 7. The molecule has 0 fully saturated rings. The molecule has 0 radical (unpaired) electrons. The maximum atomic E-state index is 13.1. The fourth-order valence-corrected chi connectivity index (χ4v) is 2.73. The number of carboxylic acids is 1. The van der Waals surface area contributed by atoms with Crippen LogP contribution in [0.5, 0.6) is 11.5 Å². The Kier molecular flexibility index (Phi) is 5.55. The zero-order valence-electron chi connectivity index (χ0n) is 15.1. The normalized spacial score (nSPS) is 12.0. The van der Waals surface area contributed by atoms with E-state index in [2.05, 4.69) is 10.4 Å². The lowest BCUT2D eigenvalue weighted by atomic mass is 10.1. The van der Waals surface area contributed by atoms with E-state index >= 15 is 0 Å². The van der Waals surface area contributed by atoms with Crippen LogP contribution in [-0.4, -0.2) is 39.4 Å². The van der Waals surface area contributed by atoms with Crippen LogP contribution in [0.3, 0.4) is 0 Å². The molecule has 0 aliphatic carbocycles. The Labute approximate surface area is 159 Å². The summed E-state index contributed by atoms with van der Waals surface area (Å²) in [5.74, 6) is -1.70. The molecule has 0 saturated carbocycles. The van der Waals surface area contributed by atoms with Crippen molar-refractivity contribution >= 4 is 22.8 Å². The van der Waals surface area contributed by atoms with Gasteiger partial charge in [-0.15, -0.1) is 0 Å². The fourth-order valence-electron chi connectivity index (χ4n) is 2.73. The molecule has 1 unspecified atom stereocenters. The Hall–Kier alpha value is -3.46. The zero-order valence-corrected chi connectivity index (χ0v) is 15.1. The Bertz CT molecular complexity index is 1020. The summed E-state index contributed by atoms with van der Waals surface area (Å²) in [7, 11) is 1.72. The molecule has 1 amide bonds. The number of carbonyl (C=O) groups excluding carboxylic acids is 1. The summed E-state index contributed by atoms with van der Waals surface area (Å²) >= 11 is 0. The van der Waals surface area contributed by atoms with Crippen LogP contribution in [0.2, 0.25) is 0 Å². The SMILES string of the molecule is Cn1ncc2cc(Oc3ccc(F)cc3)c(C(=O)NC(CCN)C(=O)O)cc21. The minimum absolute atomic E-state index is 0.0865. The predicted octanol–water partition coefficient (Wildman–Crippen LogP) is 2.04. The van der Waals surface area contributed by atoms with Crippen LogP contribution < -0.4 is 15.8 Å². The van der Waals surface area contributed by atoms with Crippen LogP contribution >= 0.6 is 0 Å². The second kappa shape index (κ2) is 8.05. The molecule has 0 saturated heterocycles. The maximum Gasteiger partial charge on any atom is 0.326 e. The number of fused-ring (bicyclic) bond motifs is 1. The van der Waals surface area contributed by atoms with E-state index in [1.807, 2.05) is 0 Å². The summed E-state index contributed by atoms with van der Waals surface area (Å²) in [6, 6.07) is 7.40. The van der Waals surface area contributed by atoms with Gasteiger partial charge in [0.15, 0.2) is 0 Å². The van der Waals surface area contributed by atoms with Gasteiger partial charge in [-0.05, 0) is 49.4 Å². The molecule has 28 heavy (non-hydrogen) atoms. The van der Waals surface area contributed by atoms with E-state index in [9.17, 15) is 19.1 Å². The van der Waals surface area contributed by atoms with E-state index in [1.54, 1.807) is 30.1 Å². The fraction of sp³-hybridized carbons (Fsp3) is 0.211. The number of nitrogens with two attached hydrogens (primary N) is 1. The Morgan fingerprint density at radius 1 is 1.32 bits per heavy atom. The molecule has 0 aliphatic rings. The Morgan fingerprint density at radius 3 is 2.68 bits per heavy atom. The van der Waals surface area contributed by atoms with Crippen molar-refractivity contribution in [1.29, 1.82) is 0 Å². The highest BCUT2D eigenvalue weighted by molar-refractivity contribution is 6.02. The minimum Gasteiger partial charge on any atom is -0.480 e. The topological polar surface area (TPSA) is 119 Å². The smallest absolute Gasteiger partial charge is 0.326 e. The van der Waals surface area contributed by atoms with E-state index in [-0.39, 0.29) is 24.3 Å². The molecule has 1 atom stereocenters. The number of carboxylic acid groups (broad SMARTS) is 1. The third-order valence-corrected chi connectivity index (χ3v) is 4.19. The molecule has 1 heterocycles. The number of aliphatic carboxylic acids is 1. The number of nitrogens with zero attached hydrogens (tertiary/aromatic N) is 2. The van der Waals surface area contributed by atoms with E-state index in [0.717, 1.165) is 5.39 Å². The predicted molar refractivity (Wildman–Crippen MR) is 99.7 cm³/mol. The number of ether oxygens (including phenoxy) is 1. The third-order valence-electron chi connectivity index (χ3n) is 4.19. The number of nitrogens with one attached hydrogen (secondary N) is 1. The van der Waals surface area contributed by atoms with Gasteiger partial charge in [-0.1, -0.05) is 0 Å². The van der Waals surface area contributed by atoms with E-state index in [0.29, 0.717) is 11.3 Å². The van der Waals surface area contributed by atoms with Gasteiger partial charge in [-0.2, -0.15) is 5.10 Å². The van der Waals surface area contributed by atoms with Crippen LogP contribution in [0, 0.1) is 5.82 Å². The van der Waals surface area contributed by atoms with Crippen LogP contribution in [0.1, 0.15) is 16.8 Å². The first-order valence-electron chi connectivity index (χ1n) is 8.52. The Balaban J connectivity index is 2.00. The van der Waals surface area contributed by atoms with Crippen molar-refractivity contribution in [1.82, 2.24) is 15.1 Å². The van der Waals surface area contributed by atoms with E-state index in [1.165, 1.54) is 24.3 Å². The number of aryl methyl sites for hydroxylation is 1. The lowest BCUT2D eigenvalue weighted by molar-refractivity contribution is -0.139. The van der Waals surface area contributed by atoms with Gasteiger partial charge in [-0.3, -0.25) is 9.48 Å². The monoisotopic (exact) mass is 386 g/mol. The maximum absolute atomic E-state index is 13.1. The van der Waals surface area contributed by atoms with Gasteiger partial charge < -0.3 is 20.9 Å². The summed E-state index contributed by atoms with van der Waals surface area (Å²) in [6.07, 6.45) is 1.70. The molecular formula is C19H19FN4O4. The molecule has 2 aromatic carbocycles. The highest BCUT2D eigenvalue weighted by atomic mass is 19.1. The second-order valence-corrected chi connectivity index (χ2v) is 6.17. The van der Waals surface area contributed by atoms with Gasteiger partial charge in [-0.25, -0.2) is 9.18 Å². The molecule has 4 N–H and O–H groups in total. The zero-order chi connectivity index (χ0) is 20.3. The van der Waals surface area contributed by atoms with Gasteiger partial charge >= 0.3 is 5.97 Å². The van der Waals surface area contributed by atoms with Crippen molar-refractivity contribution in [3.05, 3.63) is 54.0 Å². The van der Waals surface area contributed by atoms with Gasteiger partial charge in [0, 0.05) is 12.4 Å². The van der Waals surface area contributed by atoms with Crippen molar-refractivity contribution in [3.8, 4) is 11.5 Å². The molecule has 0 aliphatic heterocycles. The number of aromatic nitrogens is 2. The highest BCUT2D eigenvalue weighted by Crippen LogP contribution is 2.30. The number of carbonyl (C=O) groups is 2. The first-order valence-corrected chi connectivity index (χ1v) is 8.52. The average Bonchev–Trinajstić information content (AvgIpc) is 3.02. The summed E-state index contributed by atoms with van der Waals surface area (Å²) in [5, 5.41) is 16.6. The number of benzene rings is 2. The first kappa shape index (κ1) is 19.3. The molecule has 0 bridgehead atoms. The quantitative estimate of drug-likeness (QED) is 0.572. The van der Waals surface area contributed by atoms with E-state index < -0.39 is 23.7 Å². The van der Waals surface area contributed by atoms with Crippen LogP contribution in [0.25, 0.3) is 10.9 Å². The van der Waals surface area contributed by atoms with Gasteiger partial charge in [0.2, 0.25) is 0 Å². The lowest BCUT2D eigenvalue weighted by Gasteiger charge is -2.16. The van der Waals surface area contributed by atoms with Gasteiger partial charge in [0.25, 0.3) is 5.91 Å². The molecule has 146 valence electrons. The second-order valence-electron chi connectivity index (χ2n) is 6.17. The van der Waals surface area contributed by atoms with E-state index in [4.69, 9.17) is 10.5 Å². The molecule has 3 aromatic rings. The molecular weight excluding hydrogens is 367 g/mol. The van der Waals surface area contributed by atoms with Crippen LogP contribution in [0.4, 0.5) is 4.39 Å². The molecule has 9 heteroatoms. The van der Waals surface area contributed by atoms with Crippen molar-refractivity contribution in [3.63, 3.8) is 0 Å². The molecule has 8 nitrogen and oxygen atoms in total. The summed E-state index contributed by atoms with van der Waals surface area (Å²) in [5.41, 5.74) is 6.22. The number of hydrogen-bond acceptors (Lipinski definition) is 5. The first-order chi connectivity index (χ1) is 13.4. The number of amides is 1. The van der Waals surface area contributed by atoms with Crippen molar-refractivity contribution in [2.75, 3.05) is 6.54 Å². The average molecular weight is 386 g/mol. The molecule has 3 rings (SSSR count). The minimum atomic E-state index is -1.18. The number of halogens is 1.